The Morgan fingerprint density at radius 3 is 2.08 bits per heavy atom. The fraction of sp³-hybridized carbons (Fsp3) is 0.714. The summed E-state index contributed by atoms with van der Waals surface area (Å²) in [6.07, 6.45) is 2.53. The van der Waals surface area contributed by atoms with Gasteiger partial charge in [-0.05, 0) is 64.1 Å². The van der Waals surface area contributed by atoms with Crippen LogP contribution in [0.1, 0.15) is 54.4 Å². The number of ether oxygens (including phenoxy) is 1. The minimum atomic E-state index is -0.312. The monoisotopic (exact) mass is 359 g/mol. The lowest BCUT2D eigenvalue weighted by Gasteiger charge is -2.33. The van der Waals surface area contributed by atoms with Crippen LogP contribution in [0.2, 0.25) is 0 Å². The molecule has 0 aliphatic carbocycles. The van der Waals surface area contributed by atoms with Gasteiger partial charge in [-0.25, -0.2) is 0 Å². The van der Waals surface area contributed by atoms with E-state index in [9.17, 15) is 0 Å². The van der Waals surface area contributed by atoms with E-state index in [4.69, 9.17) is 14.0 Å². The van der Waals surface area contributed by atoms with Gasteiger partial charge >= 0.3 is 7.12 Å². The highest BCUT2D eigenvalue weighted by atomic mass is 16.7. The van der Waals surface area contributed by atoms with Crippen LogP contribution in [0.15, 0.2) is 24.3 Å². The summed E-state index contributed by atoms with van der Waals surface area (Å²) in [7, 11) is -0.312. The third-order valence-electron chi connectivity index (χ3n) is 5.87. The normalized spacial score (nSPS) is 23.6. The fourth-order valence-electron chi connectivity index (χ4n) is 3.60. The van der Waals surface area contributed by atoms with Crippen LogP contribution in [0.3, 0.4) is 0 Å². The predicted molar refractivity (Wildman–Crippen MR) is 107 cm³/mol. The number of hydrogen-bond donors (Lipinski definition) is 0. The van der Waals surface area contributed by atoms with Crippen molar-refractivity contribution in [2.45, 2.75) is 71.7 Å². The maximum absolute atomic E-state index is 6.20. The van der Waals surface area contributed by atoms with Crippen molar-refractivity contribution in [1.82, 2.24) is 4.90 Å². The Morgan fingerprint density at radius 2 is 1.58 bits per heavy atom. The van der Waals surface area contributed by atoms with E-state index >= 15 is 0 Å². The Hall–Kier alpha value is -1.04. The third kappa shape index (κ3) is 4.44. The van der Waals surface area contributed by atoms with Crippen molar-refractivity contribution < 1.29 is 14.0 Å². The molecule has 2 aliphatic heterocycles. The van der Waals surface area contributed by atoms with Gasteiger partial charge in [0.1, 0.15) is 11.9 Å². The molecule has 0 unspecified atom stereocenters. The van der Waals surface area contributed by atoms with Crippen LogP contribution in [-0.2, 0) is 9.31 Å². The minimum absolute atomic E-state index is 0.309. The number of benzene rings is 1. The van der Waals surface area contributed by atoms with Gasteiger partial charge in [-0.15, -0.1) is 0 Å². The van der Waals surface area contributed by atoms with Crippen LogP contribution in [0, 0.1) is 5.92 Å². The van der Waals surface area contributed by atoms with Crippen molar-refractivity contribution in [3.63, 3.8) is 0 Å². The second kappa shape index (κ2) is 7.53. The van der Waals surface area contributed by atoms with Gasteiger partial charge in [-0.2, -0.15) is 0 Å². The van der Waals surface area contributed by atoms with Crippen LogP contribution in [0.25, 0.3) is 0 Å². The summed E-state index contributed by atoms with van der Waals surface area (Å²) in [6, 6.07) is 8.21. The predicted octanol–water partition coefficient (Wildman–Crippen LogP) is 3.49. The van der Waals surface area contributed by atoms with E-state index in [0.717, 1.165) is 43.1 Å². The van der Waals surface area contributed by atoms with E-state index in [1.165, 1.54) is 6.54 Å². The Labute approximate surface area is 159 Å². The lowest BCUT2D eigenvalue weighted by atomic mass is 9.79. The molecule has 2 aliphatic rings. The molecule has 3 rings (SSSR count). The molecule has 0 saturated carbocycles. The number of rotatable bonds is 5. The van der Waals surface area contributed by atoms with Crippen molar-refractivity contribution in [3.8, 4) is 5.75 Å². The highest BCUT2D eigenvalue weighted by Crippen LogP contribution is 2.36. The van der Waals surface area contributed by atoms with E-state index in [1.807, 2.05) is 12.1 Å². The van der Waals surface area contributed by atoms with Gasteiger partial charge in [0.2, 0.25) is 0 Å². The Morgan fingerprint density at radius 1 is 1.04 bits per heavy atom. The molecule has 144 valence electrons. The fourth-order valence-corrected chi connectivity index (χ4v) is 3.60. The zero-order valence-electron chi connectivity index (χ0n) is 17.2. The van der Waals surface area contributed by atoms with Gasteiger partial charge in [0, 0.05) is 19.6 Å². The molecular formula is C21H34BNO3. The summed E-state index contributed by atoms with van der Waals surface area (Å²) in [4.78, 5) is 2.55. The van der Waals surface area contributed by atoms with Crippen molar-refractivity contribution >= 4 is 12.6 Å². The van der Waals surface area contributed by atoms with Crippen molar-refractivity contribution in [2.75, 3.05) is 19.6 Å². The SMILES string of the molecule is CC(C)CN1CCC(Oc2ccc(B3OC(C)(C)C(C)(C)O3)cc2)CC1. The largest absolute Gasteiger partial charge is 0.494 e. The molecule has 1 aromatic carbocycles. The molecule has 0 bridgehead atoms. The van der Waals surface area contributed by atoms with E-state index in [0.29, 0.717) is 6.10 Å². The van der Waals surface area contributed by atoms with E-state index in [2.05, 4.69) is 58.6 Å². The first-order valence-electron chi connectivity index (χ1n) is 10.0. The van der Waals surface area contributed by atoms with Crippen LogP contribution in [0.5, 0.6) is 5.75 Å². The van der Waals surface area contributed by atoms with Crippen molar-refractivity contribution in [3.05, 3.63) is 24.3 Å². The summed E-state index contributed by atoms with van der Waals surface area (Å²) < 4.78 is 18.4. The molecule has 0 amide bonds. The Kier molecular flexibility index (Phi) is 5.71. The van der Waals surface area contributed by atoms with Gasteiger partial charge in [0.15, 0.2) is 0 Å². The Bertz CT molecular complexity index is 576. The van der Waals surface area contributed by atoms with Crippen molar-refractivity contribution in [2.24, 2.45) is 5.92 Å². The second-order valence-corrected chi connectivity index (χ2v) is 9.17. The molecule has 26 heavy (non-hydrogen) atoms. The average molecular weight is 359 g/mol. The topological polar surface area (TPSA) is 30.9 Å². The van der Waals surface area contributed by atoms with E-state index < -0.39 is 0 Å². The quantitative estimate of drug-likeness (QED) is 0.753. The first kappa shape index (κ1) is 19.7. The molecule has 0 spiro atoms. The molecule has 2 saturated heterocycles. The number of piperidine rings is 1. The number of hydrogen-bond acceptors (Lipinski definition) is 4. The van der Waals surface area contributed by atoms with Gasteiger partial charge in [-0.3, -0.25) is 0 Å². The summed E-state index contributed by atoms with van der Waals surface area (Å²) in [5, 5.41) is 0. The maximum Gasteiger partial charge on any atom is 0.494 e. The third-order valence-corrected chi connectivity index (χ3v) is 5.87. The lowest BCUT2D eigenvalue weighted by Crippen LogP contribution is -2.41. The van der Waals surface area contributed by atoms with E-state index in [1.54, 1.807) is 0 Å². The first-order chi connectivity index (χ1) is 12.2. The van der Waals surface area contributed by atoms with Crippen LogP contribution < -0.4 is 10.2 Å². The molecule has 5 heteroatoms. The standard InChI is InChI=1S/C21H34BNO3/c1-16(2)15-23-13-11-19(12-14-23)24-18-9-7-17(8-10-18)22-25-20(3,4)21(5,6)26-22/h7-10,16,19H,11-15H2,1-6H3. The van der Waals surface area contributed by atoms with Gasteiger partial charge in [0.25, 0.3) is 0 Å². The molecule has 2 heterocycles. The molecule has 0 atom stereocenters. The van der Waals surface area contributed by atoms with Crippen LogP contribution in [0.4, 0.5) is 0 Å². The summed E-state index contributed by atoms with van der Waals surface area (Å²) >= 11 is 0. The highest BCUT2D eigenvalue weighted by Gasteiger charge is 2.51. The first-order valence-corrected chi connectivity index (χ1v) is 10.0. The van der Waals surface area contributed by atoms with Gasteiger partial charge in [0.05, 0.1) is 11.2 Å². The average Bonchev–Trinajstić information content (AvgIpc) is 2.77. The molecule has 4 nitrogen and oxygen atoms in total. The van der Waals surface area contributed by atoms with Crippen molar-refractivity contribution in [1.29, 1.82) is 0 Å². The molecule has 0 aromatic heterocycles. The Balaban J connectivity index is 1.53. The van der Waals surface area contributed by atoms with Crippen LogP contribution in [-0.4, -0.2) is 49.0 Å². The molecule has 0 N–H and O–H groups in total. The lowest BCUT2D eigenvalue weighted by molar-refractivity contribution is 0.00578. The van der Waals surface area contributed by atoms with Gasteiger partial charge < -0.3 is 18.9 Å². The number of nitrogens with zero attached hydrogens (tertiary/aromatic N) is 1. The summed E-state index contributed by atoms with van der Waals surface area (Å²) in [5.41, 5.74) is 0.427. The molecular weight excluding hydrogens is 325 g/mol. The number of likely N-dealkylation sites (tertiary alicyclic amines) is 1. The van der Waals surface area contributed by atoms with Gasteiger partial charge in [-0.1, -0.05) is 26.0 Å². The van der Waals surface area contributed by atoms with E-state index in [-0.39, 0.29) is 18.3 Å². The zero-order valence-corrected chi connectivity index (χ0v) is 17.2. The van der Waals surface area contributed by atoms with Crippen LogP contribution >= 0.6 is 0 Å². The minimum Gasteiger partial charge on any atom is -0.490 e. The summed E-state index contributed by atoms with van der Waals surface area (Å²) in [5.74, 6) is 1.67. The molecule has 2 fully saturated rings. The molecule has 1 aromatic rings. The molecule has 0 radical (unpaired) electrons. The second-order valence-electron chi connectivity index (χ2n) is 9.17. The smallest absolute Gasteiger partial charge is 0.490 e. The zero-order chi connectivity index (χ0) is 18.9. The maximum atomic E-state index is 6.20. The highest BCUT2D eigenvalue weighted by molar-refractivity contribution is 6.62. The summed E-state index contributed by atoms with van der Waals surface area (Å²) in [6.45, 7) is 16.3.